The summed E-state index contributed by atoms with van der Waals surface area (Å²) in [5.74, 6) is 1.51. The molecule has 0 spiro atoms. The van der Waals surface area contributed by atoms with E-state index in [4.69, 9.17) is 4.74 Å². The summed E-state index contributed by atoms with van der Waals surface area (Å²) in [5, 5.41) is 3.36. The molecule has 0 bridgehead atoms. The molecule has 1 atom stereocenters. The molecule has 0 radical (unpaired) electrons. The van der Waals surface area contributed by atoms with Crippen molar-refractivity contribution in [1.82, 2.24) is 5.32 Å². The molecule has 3 heteroatoms. The SMILES string of the molecule is CC(C)c1ccc(OC2CCCNC2)c(Br)c1. The van der Waals surface area contributed by atoms with Crippen LogP contribution in [-0.2, 0) is 0 Å². The van der Waals surface area contributed by atoms with Gasteiger partial charge in [0.1, 0.15) is 11.9 Å². The lowest BCUT2D eigenvalue weighted by atomic mass is 10.0. The van der Waals surface area contributed by atoms with Crippen molar-refractivity contribution in [3.8, 4) is 5.75 Å². The number of halogens is 1. The van der Waals surface area contributed by atoms with E-state index in [9.17, 15) is 0 Å². The third-order valence-electron chi connectivity index (χ3n) is 3.17. The Hall–Kier alpha value is -0.540. The van der Waals surface area contributed by atoms with Crippen molar-refractivity contribution >= 4 is 15.9 Å². The highest BCUT2D eigenvalue weighted by Crippen LogP contribution is 2.30. The first-order chi connectivity index (χ1) is 8.16. The van der Waals surface area contributed by atoms with Crippen molar-refractivity contribution in [3.63, 3.8) is 0 Å². The summed E-state index contributed by atoms with van der Waals surface area (Å²) in [4.78, 5) is 0. The molecule has 1 fully saturated rings. The van der Waals surface area contributed by atoms with Gasteiger partial charge < -0.3 is 10.1 Å². The highest BCUT2D eigenvalue weighted by molar-refractivity contribution is 9.10. The molecule has 2 nitrogen and oxygen atoms in total. The van der Waals surface area contributed by atoms with E-state index in [0.29, 0.717) is 12.0 Å². The molecule has 0 amide bonds. The number of hydrogen-bond acceptors (Lipinski definition) is 2. The van der Waals surface area contributed by atoms with Crippen LogP contribution in [0.2, 0.25) is 0 Å². The molecule has 1 aromatic carbocycles. The summed E-state index contributed by atoms with van der Waals surface area (Å²) >= 11 is 3.60. The van der Waals surface area contributed by atoms with Crippen LogP contribution in [0.4, 0.5) is 0 Å². The lowest BCUT2D eigenvalue weighted by Gasteiger charge is -2.24. The Labute approximate surface area is 112 Å². The topological polar surface area (TPSA) is 21.3 Å². The van der Waals surface area contributed by atoms with Crippen molar-refractivity contribution < 1.29 is 4.74 Å². The van der Waals surface area contributed by atoms with Crippen LogP contribution in [0.25, 0.3) is 0 Å². The van der Waals surface area contributed by atoms with Crippen molar-refractivity contribution in [2.24, 2.45) is 0 Å². The minimum atomic E-state index is 0.310. The Bertz CT molecular complexity index is 372. The Morgan fingerprint density at radius 3 is 2.82 bits per heavy atom. The van der Waals surface area contributed by atoms with Gasteiger partial charge in [0.05, 0.1) is 4.47 Å². The average molecular weight is 298 g/mol. The zero-order valence-corrected chi connectivity index (χ0v) is 12.1. The van der Waals surface area contributed by atoms with Crippen LogP contribution in [0.1, 0.15) is 38.2 Å². The van der Waals surface area contributed by atoms with Crippen LogP contribution in [0.15, 0.2) is 22.7 Å². The smallest absolute Gasteiger partial charge is 0.133 e. The fraction of sp³-hybridized carbons (Fsp3) is 0.571. The van der Waals surface area contributed by atoms with E-state index >= 15 is 0 Å². The van der Waals surface area contributed by atoms with Gasteiger partial charge in [-0.3, -0.25) is 0 Å². The molecule has 2 rings (SSSR count). The molecule has 17 heavy (non-hydrogen) atoms. The molecule has 1 aromatic rings. The van der Waals surface area contributed by atoms with E-state index in [1.54, 1.807) is 0 Å². The van der Waals surface area contributed by atoms with E-state index in [1.807, 2.05) is 0 Å². The highest BCUT2D eigenvalue weighted by atomic mass is 79.9. The number of hydrogen-bond donors (Lipinski definition) is 1. The quantitative estimate of drug-likeness (QED) is 0.918. The standard InChI is InChI=1S/C14H20BrNO/c1-10(2)11-5-6-14(13(15)8-11)17-12-4-3-7-16-9-12/h5-6,8,10,12,16H,3-4,7,9H2,1-2H3. The summed E-state index contributed by atoms with van der Waals surface area (Å²) in [6.07, 6.45) is 2.66. The normalized spacial score (nSPS) is 20.6. The second-order valence-electron chi connectivity index (χ2n) is 4.93. The van der Waals surface area contributed by atoms with Gasteiger partial charge in [-0.1, -0.05) is 19.9 Å². The van der Waals surface area contributed by atoms with E-state index in [-0.39, 0.29) is 0 Å². The van der Waals surface area contributed by atoms with Crippen molar-refractivity contribution in [3.05, 3.63) is 28.2 Å². The van der Waals surface area contributed by atoms with Crippen LogP contribution in [0.5, 0.6) is 5.75 Å². The fourth-order valence-corrected chi connectivity index (χ4v) is 2.56. The van der Waals surface area contributed by atoms with E-state index < -0.39 is 0 Å². The molecule has 1 saturated heterocycles. The third-order valence-corrected chi connectivity index (χ3v) is 3.79. The van der Waals surface area contributed by atoms with Crippen LogP contribution in [0.3, 0.4) is 0 Å². The minimum absolute atomic E-state index is 0.310. The molecule has 0 aliphatic carbocycles. The van der Waals surface area contributed by atoms with Gasteiger partial charge in [-0.05, 0) is 58.9 Å². The largest absolute Gasteiger partial charge is 0.488 e. The fourth-order valence-electron chi connectivity index (χ4n) is 2.07. The molecule has 94 valence electrons. The summed E-state index contributed by atoms with van der Waals surface area (Å²) in [7, 11) is 0. The first-order valence-electron chi connectivity index (χ1n) is 6.33. The van der Waals surface area contributed by atoms with Gasteiger partial charge >= 0.3 is 0 Å². The predicted octanol–water partition coefficient (Wildman–Crippen LogP) is 3.70. The van der Waals surface area contributed by atoms with Gasteiger partial charge in [-0.15, -0.1) is 0 Å². The maximum atomic E-state index is 6.01. The van der Waals surface area contributed by atoms with Crippen molar-refractivity contribution in [1.29, 1.82) is 0 Å². The Kier molecular flexibility index (Phi) is 4.46. The van der Waals surface area contributed by atoms with Crippen molar-refractivity contribution in [2.75, 3.05) is 13.1 Å². The number of ether oxygens (including phenoxy) is 1. The number of piperidine rings is 1. The van der Waals surface area contributed by atoms with Gasteiger partial charge in [0, 0.05) is 6.54 Å². The monoisotopic (exact) mass is 297 g/mol. The number of benzene rings is 1. The second kappa shape index (κ2) is 5.87. The van der Waals surface area contributed by atoms with Gasteiger partial charge in [-0.2, -0.15) is 0 Å². The van der Waals surface area contributed by atoms with Crippen LogP contribution in [-0.4, -0.2) is 19.2 Å². The Morgan fingerprint density at radius 2 is 2.24 bits per heavy atom. The molecule has 0 saturated carbocycles. The second-order valence-corrected chi connectivity index (χ2v) is 5.79. The molecule has 1 unspecified atom stereocenters. The lowest BCUT2D eigenvalue weighted by molar-refractivity contribution is 0.166. The summed E-state index contributed by atoms with van der Waals surface area (Å²) in [6.45, 7) is 6.48. The lowest BCUT2D eigenvalue weighted by Crippen LogP contribution is -2.37. The third kappa shape index (κ3) is 3.46. The molecule has 1 N–H and O–H groups in total. The van der Waals surface area contributed by atoms with Gasteiger partial charge in [0.15, 0.2) is 0 Å². The summed E-state index contributed by atoms with van der Waals surface area (Å²) in [6, 6.07) is 6.39. The average Bonchev–Trinajstić information content (AvgIpc) is 2.33. The molecule has 1 heterocycles. The number of rotatable bonds is 3. The number of nitrogens with one attached hydrogen (secondary N) is 1. The molecule has 0 aromatic heterocycles. The zero-order valence-electron chi connectivity index (χ0n) is 10.5. The van der Waals surface area contributed by atoms with Crippen molar-refractivity contribution in [2.45, 2.75) is 38.7 Å². The predicted molar refractivity (Wildman–Crippen MR) is 74.8 cm³/mol. The maximum absolute atomic E-state index is 6.01. The highest BCUT2D eigenvalue weighted by Gasteiger charge is 2.15. The van der Waals surface area contributed by atoms with E-state index in [0.717, 1.165) is 29.7 Å². The first-order valence-corrected chi connectivity index (χ1v) is 7.13. The van der Waals surface area contributed by atoms with E-state index in [2.05, 4.69) is 53.3 Å². The molecular weight excluding hydrogens is 278 g/mol. The van der Waals surface area contributed by atoms with Crippen LogP contribution in [0, 0.1) is 0 Å². The molecular formula is C14H20BrNO. The first kappa shape index (κ1) is 12.9. The van der Waals surface area contributed by atoms with Crippen LogP contribution < -0.4 is 10.1 Å². The van der Waals surface area contributed by atoms with Gasteiger partial charge in [-0.25, -0.2) is 0 Å². The zero-order chi connectivity index (χ0) is 12.3. The van der Waals surface area contributed by atoms with Gasteiger partial charge in [0.25, 0.3) is 0 Å². The molecule has 1 aliphatic rings. The van der Waals surface area contributed by atoms with Gasteiger partial charge in [0.2, 0.25) is 0 Å². The Balaban J connectivity index is 2.05. The van der Waals surface area contributed by atoms with E-state index in [1.165, 1.54) is 12.0 Å². The maximum Gasteiger partial charge on any atom is 0.133 e. The summed E-state index contributed by atoms with van der Waals surface area (Å²) in [5.41, 5.74) is 1.34. The Morgan fingerprint density at radius 1 is 1.41 bits per heavy atom. The molecule has 1 aliphatic heterocycles. The summed E-state index contributed by atoms with van der Waals surface area (Å²) < 4.78 is 7.08. The minimum Gasteiger partial charge on any atom is -0.488 e. The van der Waals surface area contributed by atoms with Crippen LogP contribution >= 0.6 is 15.9 Å².